The van der Waals surface area contributed by atoms with Gasteiger partial charge in [-0.05, 0) is 65.4 Å². The molecule has 510 valence electrons. The number of hydrogen-bond acceptors (Lipinski definition) is 24. The zero-order chi connectivity index (χ0) is 69.0. The maximum atomic E-state index is 14.3. The predicted octanol–water partition coefficient (Wildman–Crippen LogP) is -3.91. The predicted molar refractivity (Wildman–Crippen MR) is 317 cm³/mol. The summed E-state index contributed by atoms with van der Waals surface area (Å²) in [6.07, 6.45) is -5.96. The number of primary amides is 1. The molecule has 93 heavy (non-hydrogen) atoms. The lowest BCUT2D eigenvalue weighted by Crippen LogP contribution is -2.62. The topological polar surface area (TPSA) is 537 Å². The number of rotatable bonds is 30. The van der Waals surface area contributed by atoms with Crippen LogP contribution in [-0.4, -0.2) is 212 Å². The van der Waals surface area contributed by atoms with E-state index in [0.717, 1.165) is 20.3 Å². The minimum atomic E-state index is -2.66. The lowest BCUT2D eigenvalue weighted by molar-refractivity contribution is -0.247. The molecule has 18 N–H and O–H groups in total. The summed E-state index contributed by atoms with van der Waals surface area (Å²) in [7, 11) is 1.25. The van der Waals surface area contributed by atoms with Crippen LogP contribution in [0.15, 0.2) is 18.2 Å². The van der Waals surface area contributed by atoms with Gasteiger partial charge in [-0.15, -0.1) is 0 Å². The standard InChI is InChI=1S/C60H81N9O24/c1-26(64-40(75)20-39(74)63-18-10-15-41(76)77)53(83)66-33(23-70)55(85)68-47(28-11-7-6-8-12-28)57(87)65-32(16-17-38(62)73)54(84)67-34(24-71)56(86)69-59(3,4)58(88)91-25-37(72)60(89)21-30-44(36(22-60)93-42-19-31(61)48(78)27(2)92-42)52(82)46-45(50(30)80)49(79)29-13-9-14-35(90-5)43(29)51(46)81/h9,13-14,26-28,31-34,36,42,47-48,70-71,78,80,82,89H,6-8,10-12,15-25,61H2,1-5H3,(H2,62,73)(H,63,74)(H,64,75)(H,65,87)(H,66,83)(H,67,84)(H,68,85)(H,69,86)(H,76,77)/t26-,27?,31?,32-,33-,34-,36-,42?,47?,48?,60-/m0/s1. The van der Waals surface area contributed by atoms with Crippen molar-refractivity contribution in [3.8, 4) is 17.2 Å². The van der Waals surface area contributed by atoms with Crippen molar-refractivity contribution in [1.82, 2.24) is 37.2 Å². The summed E-state index contributed by atoms with van der Waals surface area (Å²) in [5.74, 6) is -15.9. The van der Waals surface area contributed by atoms with Crippen LogP contribution in [0.3, 0.4) is 0 Å². The Hall–Kier alpha value is -8.73. The van der Waals surface area contributed by atoms with Gasteiger partial charge in [-0.3, -0.25) is 57.5 Å². The summed E-state index contributed by atoms with van der Waals surface area (Å²) in [4.78, 5) is 173. The molecule has 1 aliphatic heterocycles. The lowest BCUT2D eigenvalue weighted by Gasteiger charge is -2.42. The summed E-state index contributed by atoms with van der Waals surface area (Å²) in [5, 5.41) is 92.4. The number of carbonyl (C=O) groups is 13. The minimum absolute atomic E-state index is 0.0211. The molecule has 0 spiro atoms. The molecule has 11 atom stereocenters. The quantitative estimate of drug-likeness (QED) is 0.0131. The number of nitrogens with one attached hydrogen (secondary N) is 7. The van der Waals surface area contributed by atoms with Crippen molar-refractivity contribution in [1.29, 1.82) is 0 Å². The molecule has 3 aliphatic carbocycles. The Balaban J connectivity index is 1.12. The lowest BCUT2D eigenvalue weighted by atomic mass is 9.72. The Morgan fingerprint density at radius 2 is 1.42 bits per heavy atom. The number of aliphatic hydroxyl groups is 4. The third-order valence-corrected chi connectivity index (χ3v) is 16.6. The Bertz CT molecular complexity index is 3230. The number of phenols is 2. The molecule has 0 bridgehead atoms. The van der Waals surface area contributed by atoms with Crippen LogP contribution in [0.1, 0.15) is 154 Å². The number of benzene rings is 2. The van der Waals surface area contributed by atoms with E-state index < -0.39 is 235 Å². The SMILES string of the molecule is COc1cccc2c1C(=O)c1c(O)c3c(c(O)c1C2=O)C[C@@](O)(C(=O)COC(=O)C(C)(C)NC(=O)[C@H](CO)NC(=O)[C@H](CCC(N)=O)NC(=O)C(NC(=O)[C@H](CO)NC(=O)[C@H](C)NC(=O)CC(=O)NCCCC(=O)O)C1CCCCC1)C[C@@H]3OC1CC(N)C(O)C(C)O1. The molecule has 33 nitrogen and oxygen atoms in total. The Morgan fingerprint density at radius 3 is 2.04 bits per heavy atom. The van der Waals surface area contributed by atoms with Crippen LogP contribution in [0.5, 0.6) is 17.2 Å². The fraction of sp³-hybridized carbons (Fsp3) is 0.583. The molecule has 0 aromatic heterocycles. The van der Waals surface area contributed by atoms with Gasteiger partial charge < -0.3 is 103 Å². The van der Waals surface area contributed by atoms with Crippen LogP contribution in [0.4, 0.5) is 0 Å². The third kappa shape index (κ3) is 17.9. The number of ether oxygens (including phenoxy) is 4. The van der Waals surface area contributed by atoms with E-state index in [9.17, 15) is 93.0 Å². The van der Waals surface area contributed by atoms with Crippen molar-refractivity contribution in [2.24, 2.45) is 17.4 Å². The average Bonchev–Trinajstić information content (AvgIpc) is 0.712. The smallest absolute Gasteiger partial charge is 0.331 e. The van der Waals surface area contributed by atoms with E-state index in [1.165, 1.54) is 39.2 Å². The second-order valence-corrected chi connectivity index (χ2v) is 23.9. The first-order chi connectivity index (χ1) is 43.8. The highest BCUT2D eigenvalue weighted by atomic mass is 16.7. The molecule has 2 aromatic carbocycles. The normalized spacial score (nSPS) is 21.8. The highest BCUT2D eigenvalue weighted by Gasteiger charge is 2.51. The number of carboxylic acid groups (broad SMARTS) is 1. The second-order valence-electron chi connectivity index (χ2n) is 23.9. The number of methoxy groups -OCH3 is 1. The Morgan fingerprint density at radius 1 is 0.796 bits per heavy atom. The van der Waals surface area contributed by atoms with Crippen molar-refractivity contribution >= 4 is 76.5 Å². The molecule has 2 aromatic rings. The molecule has 5 unspecified atom stereocenters. The van der Waals surface area contributed by atoms with Gasteiger partial charge in [-0.25, -0.2) is 4.79 Å². The summed E-state index contributed by atoms with van der Waals surface area (Å²) >= 11 is 0. The molecular formula is C60H81N9O24. The maximum absolute atomic E-state index is 14.3. The van der Waals surface area contributed by atoms with Crippen molar-refractivity contribution in [3.63, 3.8) is 0 Å². The van der Waals surface area contributed by atoms with Gasteiger partial charge in [0.05, 0.1) is 55.3 Å². The van der Waals surface area contributed by atoms with Gasteiger partial charge in [-0.1, -0.05) is 31.4 Å². The number of nitrogens with two attached hydrogens (primary N) is 2. The largest absolute Gasteiger partial charge is 0.507 e. The zero-order valence-corrected chi connectivity index (χ0v) is 51.8. The number of carboxylic acids is 1. The summed E-state index contributed by atoms with van der Waals surface area (Å²) in [6.45, 7) is 1.48. The molecule has 33 heteroatoms. The van der Waals surface area contributed by atoms with E-state index in [4.69, 9.17) is 35.5 Å². The van der Waals surface area contributed by atoms with E-state index in [1.807, 2.05) is 0 Å². The molecular weight excluding hydrogens is 1230 g/mol. The molecule has 6 rings (SSSR count). The first kappa shape index (κ1) is 73.3. The van der Waals surface area contributed by atoms with Crippen LogP contribution >= 0.6 is 0 Å². The van der Waals surface area contributed by atoms with Gasteiger partial charge in [0.25, 0.3) is 0 Å². The Kier molecular flexibility index (Phi) is 25.0. The van der Waals surface area contributed by atoms with Crippen LogP contribution in [0.25, 0.3) is 0 Å². The molecule has 8 amide bonds. The molecule has 0 radical (unpaired) electrons. The monoisotopic (exact) mass is 1310 g/mol. The van der Waals surface area contributed by atoms with Crippen LogP contribution in [0, 0.1) is 5.92 Å². The highest BCUT2D eigenvalue weighted by molar-refractivity contribution is 6.31. The summed E-state index contributed by atoms with van der Waals surface area (Å²) in [5.41, 5.74) is 4.35. The van der Waals surface area contributed by atoms with Gasteiger partial charge >= 0.3 is 11.9 Å². The zero-order valence-electron chi connectivity index (χ0n) is 51.8. The average molecular weight is 1310 g/mol. The molecule has 2 fully saturated rings. The maximum Gasteiger partial charge on any atom is 0.331 e. The number of fused-ring (bicyclic) bond motifs is 3. The van der Waals surface area contributed by atoms with Gasteiger partial charge in [0.15, 0.2) is 18.7 Å². The molecule has 4 aliphatic rings. The van der Waals surface area contributed by atoms with Gasteiger partial charge in [0.2, 0.25) is 58.8 Å². The number of esters is 1. The van der Waals surface area contributed by atoms with Crippen molar-refractivity contribution in [3.05, 3.63) is 51.6 Å². The fourth-order valence-electron chi connectivity index (χ4n) is 11.4. The molecule has 1 heterocycles. The number of hydrogen-bond donors (Lipinski definition) is 16. The minimum Gasteiger partial charge on any atom is -0.507 e. The number of aliphatic carboxylic acids is 1. The second kappa shape index (κ2) is 31.7. The van der Waals surface area contributed by atoms with Crippen molar-refractivity contribution in [2.75, 3.05) is 33.5 Å². The van der Waals surface area contributed by atoms with Crippen LogP contribution in [-0.2, 0) is 73.4 Å². The number of Topliss-reactive ketones (excluding diaryl/α,β-unsaturated/α-hetero) is 1. The van der Waals surface area contributed by atoms with E-state index in [-0.39, 0.29) is 48.2 Å². The highest BCUT2D eigenvalue weighted by Crippen LogP contribution is 2.52. The first-order valence-corrected chi connectivity index (χ1v) is 30.1. The van der Waals surface area contributed by atoms with Crippen LogP contribution in [0.2, 0.25) is 0 Å². The summed E-state index contributed by atoms with van der Waals surface area (Å²) < 4.78 is 22.7. The van der Waals surface area contributed by atoms with Gasteiger partial charge in [-0.2, -0.15) is 0 Å². The first-order valence-electron chi connectivity index (χ1n) is 30.1. The number of aliphatic hydroxyl groups excluding tert-OH is 3. The van der Waals surface area contributed by atoms with Crippen molar-refractivity contribution in [2.45, 2.75) is 183 Å². The van der Waals surface area contributed by atoms with E-state index in [1.54, 1.807) is 0 Å². The molecule has 1 saturated heterocycles. The summed E-state index contributed by atoms with van der Waals surface area (Å²) in [6, 6.07) is -4.98. The Labute approximate surface area is 532 Å². The van der Waals surface area contributed by atoms with Gasteiger partial charge in [0.1, 0.15) is 65.0 Å². The number of phenolic OH excluding ortho intramolecular Hbond substituents is 2. The van der Waals surface area contributed by atoms with Crippen LogP contribution < -0.4 is 53.4 Å². The van der Waals surface area contributed by atoms with Gasteiger partial charge in [0, 0.05) is 61.4 Å². The number of aromatic hydroxyl groups is 2. The van der Waals surface area contributed by atoms with Crippen molar-refractivity contribution < 1.29 is 117 Å². The van der Waals surface area contributed by atoms with E-state index >= 15 is 0 Å². The fourth-order valence-corrected chi connectivity index (χ4v) is 11.4. The van der Waals surface area contributed by atoms with E-state index in [0.29, 0.717) is 25.7 Å². The number of amides is 8. The molecule has 1 saturated carbocycles. The number of carbonyl (C=O) groups excluding carboxylic acids is 12. The van der Waals surface area contributed by atoms with E-state index in [2.05, 4.69) is 37.2 Å². The number of ketones is 3. The third-order valence-electron chi connectivity index (χ3n) is 16.6.